The molecule has 0 aliphatic heterocycles. The molecule has 0 bridgehead atoms. The maximum Gasteiger partial charge on any atom is 0.244 e. The summed E-state index contributed by atoms with van der Waals surface area (Å²) in [6, 6.07) is 23.3. The first-order chi connectivity index (χ1) is 19.7. The highest BCUT2D eigenvalue weighted by Crippen LogP contribution is 2.26. The predicted octanol–water partition coefficient (Wildman–Crippen LogP) is 6.07. The van der Waals surface area contributed by atoms with E-state index in [1.807, 2.05) is 80.6 Å². The van der Waals surface area contributed by atoms with E-state index in [0.29, 0.717) is 5.69 Å². The summed E-state index contributed by atoms with van der Waals surface area (Å²) in [5.74, 6) is -0.748. The number of hydrogen-bond acceptors (Lipinski definition) is 4. The lowest BCUT2D eigenvalue weighted by Gasteiger charge is -2.34. The lowest BCUT2D eigenvalue weighted by molar-refractivity contribution is -0.140. The maximum atomic E-state index is 14.2. The van der Waals surface area contributed by atoms with Crippen molar-refractivity contribution >= 4 is 43.5 Å². The van der Waals surface area contributed by atoms with E-state index < -0.39 is 28.5 Å². The molecule has 2 amide bonds. The number of benzene rings is 3. The van der Waals surface area contributed by atoms with E-state index in [-0.39, 0.29) is 30.3 Å². The molecule has 42 heavy (non-hydrogen) atoms. The van der Waals surface area contributed by atoms with Gasteiger partial charge in [-0.2, -0.15) is 0 Å². The van der Waals surface area contributed by atoms with Crippen molar-refractivity contribution in [3.8, 4) is 0 Å². The molecule has 0 spiro atoms. The SMILES string of the molecule is CCC(C)NC(=O)C(Cc1ccccc1)N(Cc1ccc(Br)cc1)C(=O)CN(c1ccc(C(C)(C)C)cc1)S(C)(=O)=O. The lowest BCUT2D eigenvalue weighted by atomic mass is 9.87. The fraction of sp³-hybridized carbons (Fsp3) is 0.394. The third-order valence-electron chi connectivity index (χ3n) is 7.24. The quantitative estimate of drug-likeness (QED) is 0.257. The molecule has 3 aromatic rings. The standard InChI is InChI=1S/C33H42BrN3O4S/c1-7-24(2)35-32(39)30(21-25-11-9-8-10-12-25)36(22-26-13-17-28(34)18-14-26)31(38)23-37(42(6,40)41)29-19-15-27(16-20-29)33(3,4)5/h8-20,24,30H,7,21-23H2,1-6H3,(H,35,39). The van der Waals surface area contributed by atoms with Gasteiger partial charge in [0.1, 0.15) is 12.6 Å². The highest BCUT2D eigenvalue weighted by atomic mass is 79.9. The number of rotatable bonds is 12. The van der Waals surface area contributed by atoms with Crippen molar-refractivity contribution in [1.29, 1.82) is 0 Å². The average molecular weight is 657 g/mol. The monoisotopic (exact) mass is 655 g/mol. The Kier molecular flexibility index (Phi) is 11.4. The van der Waals surface area contributed by atoms with Crippen LogP contribution in [-0.4, -0.2) is 50.0 Å². The van der Waals surface area contributed by atoms with Gasteiger partial charge in [0.15, 0.2) is 0 Å². The summed E-state index contributed by atoms with van der Waals surface area (Å²) in [6.07, 6.45) is 2.11. The second-order valence-corrected chi connectivity index (χ2v) is 14.6. The van der Waals surface area contributed by atoms with Crippen LogP contribution in [0.2, 0.25) is 0 Å². The number of nitrogens with zero attached hydrogens (tertiary/aromatic N) is 2. The second-order valence-electron chi connectivity index (χ2n) is 11.7. The minimum Gasteiger partial charge on any atom is -0.352 e. The number of carbonyl (C=O) groups excluding carboxylic acids is 2. The summed E-state index contributed by atoms with van der Waals surface area (Å²) in [4.78, 5) is 29.4. The minimum atomic E-state index is -3.82. The third kappa shape index (κ3) is 9.42. The number of nitrogens with one attached hydrogen (secondary N) is 1. The van der Waals surface area contributed by atoms with Gasteiger partial charge in [0.2, 0.25) is 21.8 Å². The van der Waals surface area contributed by atoms with Gasteiger partial charge < -0.3 is 10.2 Å². The molecule has 2 unspecified atom stereocenters. The van der Waals surface area contributed by atoms with Crippen LogP contribution in [0.4, 0.5) is 5.69 Å². The summed E-state index contributed by atoms with van der Waals surface area (Å²) in [5.41, 5.74) is 3.05. The molecular formula is C33H42BrN3O4S. The Labute approximate surface area is 259 Å². The van der Waals surface area contributed by atoms with Gasteiger partial charge in [0.25, 0.3) is 0 Å². The van der Waals surface area contributed by atoms with Crippen molar-refractivity contribution in [2.24, 2.45) is 0 Å². The first-order valence-corrected chi connectivity index (χ1v) is 16.8. The van der Waals surface area contributed by atoms with Crippen LogP contribution in [0, 0.1) is 0 Å². The average Bonchev–Trinajstić information content (AvgIpc) is 2.94. The molecule has 7 nitrogen and oxygen atoms in total. The van der Waals surface area contributed by atoms with Crippen molar-refractivity contribution in [2.75, 3.05) is 17.1 Å². The second kappa shape index (κ2) is 14.3. The van der Waals surface area contributed by atoms with Crippen LogP contribution in [-0.2, 0) is 38.0 Å². The number of anilines is 1. The summed E-state index contributed by atoms with van der Waals surface area (Å²) >= 11 is 3.45. The van der Waals surface area contributed by atoms with E-state index in [0.717, 1.165) is 38.1 Å². The Bertz CT molecular complexity index is 1440. The molecule has 0 saturated carbocycles. The van der Waals surface area contributed by atoms with E-state index in [2.05, 4.69) is 42.0 Å². The van der Waals surface area contributed by atoms with Crippen LogP contribution in [0.25, 0.3) is 0 Å². The van der Waals surface area contributed by atoms with Crippen LogP contribution in [0.3, 0.4) is 0 Å². The Hall–Kier alpha value is -3.17. The molecule has 0 radical (unpaired) electrons. The van der Waals surface area contributed by atoms with Crippen LogP contribution in [0.15, 0.2) is 83.3 Å². The fourth-order valence-corrected chi connectivity index (χ4v) is 5.64. The van der Waals surface area contributed by atoms with E-state index >= 15 is 0 Å². The molecule has 2 atom stereocenters. The first kappa shape index (κ1) is 33.3. The van der Waals surface area contributed by atoms with Gasteiger partial charge in [-0.25, -0.2) is 8.42 Å². The Morgan fingerprint density at radius 3 is 2.02 bits per heavy atom. The van der Waals surface area contributed by atoms with Gasteiger partial charge in [-0.1, -0.05) is 98.2 Å². The molecular weight excluding hydrogens is 614 g/mol. The van der Waals surface area contributed by atoms with Crippen LogP contribution < -0.4 is 9.62 Å². The molecule has 0 aliphatic rings. The van der Waals surface area contributed by atoms with Gasteiger partial charge in [-0.05, 0) is 59.7 Å². The molecule has 0 fully saturated rings. The van der Waals surface area contributed by atoms with Crippen molar-refractivity contribution in [1.82, 2.24) is 10.2 Å². The zero-order chi connectivity index (χ0) is 31.1. The number of carbonyl (C=O) groups is 2. The highest BCUT2D eigenvalue weighted by Gasteiger charge is 2.33. The summed E-state index contributed by atoms with van der Waals surface area (Å²) in [5, 5.41) is 3.04. The van der Waals surface area contributed by atoms with Gasteiger partial charge in [0, 0.05) is 23.5 Å². The van der Waals surface area contributed by atoms with E-state index in [1.165, 1.54) is 4.90 Å². The topological polar surface area (TPSA) is 86.8 Å². The molecule has 226 valence electrons. The van der Waals surface area contributed by atoms with Gasteiger partial charge in [-0.3, -0.25) is 13.9 Å². The predicted molar refractivity (Wildman–Crippen MR) is 174 cm³/mol. The van der Waals surface area contributed by atoms with Crippen LogP contribution in [0.5, 0.6) is 0 Å². The van der Waals surface area contributed by atoms with Crippen molar-refractivity contribution in [3.05, 3.63) is 100 Å². The molecule has 0 aliphatic carbocycles. The lowest BCUT2D eigenvalue weighted by Crippen LogP contribution is -2.54. The smallest absolute Gasteiger partial charge is 0.244 e. The maximum absolute atomic E-state index is 14.2. The van der Waals surface area contributed by atoms with Crippen LogP contribution in [0.1, 0.15) is 57.7 Å². The van der Waals surface area contributed by atoms with E-state index in [1.54, 1.807) is 12.1 Å². The number of halogens is 1. The van der Waals surface area contributed by atoms with Crippen molar-refractivity contribution < 1.29 is 18.0 Å². The van der Waals surface area contributed by atoms with E-state index in [9.17, 15) is 18.0 Å². The van der Waals surface area contributed by atoms with Crippen LogP contribution >= 0.6 is 15.9 Å². The number of hydrogen-bond donors (Lipinski definition) is 1. The first-order valence-electron chi connectivity index (χ1n) is 14.2. The van der Waals surface area contributed by atoms with Gasteiger partial charge >= 0.3 is 0 Å². The largest absolute Gasteiger partial charge is 0.352 e. The molecule has 1 N–H and O–H groups in total. The Balaban J connectivity index is 2.05. The van der Waals surface area contributed by atoms with Crippen molar-refractivity contribution in [3.63, 3.8) is 0 Å². The molecule has 0 saturated heterocycles. The minimum absolute atomic E-state index is 0.0887. The van der Waals surface area contributed by atoms with Gasteiger partial charge in [-0.15, -0.1) is 0 Å². The molecule has 0 heterocycles. The van der Waals surface area contributed by atoms with Crippen molar-refractivity contribution in [2.45, 2.75) is 71.5 Å². The zero-order valence-corrected chi connectivity index (χ0v) is 27.7. The highest BCUT2D eigenvalue weighted by molar-refractivity contribution is 9.10. The zero-order valence-electron chi connectivity index (χ0n) is 25.3. The Morgan fingerprint density at radius 2 is 1.50 bits per heavy atom. The number of amides is 2. The number of sulfonamides is 1. The fourth-order valence-electron chi connectivity index (χ4n) is 4.52. The van der Waals surface area contributed by atoms with E-state index in [4.69, 9.17) is 0 Å². The normalized spacial score (nSPS) is 13.2. The molecule has 3 aromatic carbocycles. The van der Waals surface area contributed by atoms with Gasteiger partial charge in [0.05, 0.1) is 11.9 Å². The Morgan fingerprint density at radius 1 is 0.905 bits per heavy atom. The molecule has 9 heteroatoms. The molecule has 3 rings (SSSR count). The third-order valence-corrected chi connectivity index (χ3v) is 8.91. The summed E-state index contributed by atoms with van der Waals surface area (Å²) < 4.78 is 28.0. The summed E-state index contributed by atoms with van der Waals surface area (Å²) in [6.45, 7) is 9.84. The molecule has 0 aromatic heterocycles. The summed E-state index contributed by atoms with van der Waals surface area (Å²) in [7, 11) is -3.82.